The summed E-state index contributed by atoms with van der Waals surface area (Å²) < 4.78 is 51.2. The van der Waals surface area contributed by atoms with E-state index >= 15 is 0 Å². The molecule has 2 nitrogen and oxygen atoms in total. The van der Waals surface area contributed by atoms with Crippen LogP contribution in [-0.4, -0.2) is 23.9 Å². The van der Waals surface area contributed by atoms with E-state index in [0.29, 0.717) is 37.7 Å². The maximum Gasteiger partial charge on any atom is 0.416 e. The monoisotopic (exact) mass is 277 g/mol. The molecule has 0 aliphatic heterocycles. The van der Waals surface area contributed by atoms with Gasteiger partial charge >= 0.3 is 6.18 Å². The van der Waals surface area contributed by atoms with Gasteiger partial charge in [-0.05, 0) is 31.5 Å². The van der Waals surface area contributed by atoms with Crippen LogP contribution in [-0.2, 0) is 6.18 Å². The second kappa shape index (κ2) is 6.04. The number of carbonyl (C=O) groups excluding carboxylic acids is 1. The summed E-state index contributed by atoms with van der Waals surface area (Å²) in [4.78, 5) is 13.3. The van der Waals surface area contributed by atoms with E-state index in [1.54, 1.807) is 6.92 Å². The molecule has 1 amide bonds. The second-order valence-electron chi connectivity index (χ2n) is 4.08. The number of halogens is 4. The van der Waals surface area contributed by atoms with Crippen LogP contribution in [0.25, 0.3) is 0 Å². The molecule has 0 saturated heterocycles. The van der Waals surface area contributed by atoms with Gasteiger partial charge in [-0.3, -0.25) is 4.79 Å². The number of rotatable bonds is 4. The lowest BCUT2D eigenvalue weighted by molar-refractivity contribution is -0.137. The number of hydrogen-bond donors (Lipinski definition) is 0. The lowest BCUT2D eigenvalue weighted by Gasteiger charge is -2.21. The molecule has 0 aliphatic rings. The molecular formula is C13H15F4NO. The Hall–Kier alpha value is -1.59. The molecule has 0 radical (unpaired) electrons. The van der Waals surface area contributed by atoms with Gasteiger partial charge in [-0.1, -0.05) is 6.92 Å². The summed E-state index contributed by atoms with van der Waals surface area (Å²) >= 11 is 0. The van der Waals surface area contributed by atoms with Crippen LogP contribution < -0.4 is 0 Å². The Balaban J connectivity index is 3.15. The highest BCUT2D eigenvalue weighted by molar-refractivity contribution is 5.94. The van der Waals surface area contributed by atoms with Crippen LogP contribution in [0.2, 0.25) is 0 Å². The Bertz CT molecular complexity index is 456. The van der Waals surface area contributed by atoms with Crippen molar-refractivity contribution in [2.45, 2.75) is 26.4 Å². The molecule has 106 valence electrons. The first-order valence-electron chi connectivity index (χ1n) is 5.97. The van der Waals surface area contributed by atoms with Gasteiger partial charge in [0, 0.05) is 13.1 Å². The summed E-state index contributed by atoms with van der Waals surface area (Å²) in [5.74, 6) is -1.65. The Labute approximate surface area is 109 Å². The van der Waals surface area contributed by atoms with Crippen molar-refractivity contribution in [3.63, 3.8) is 0 Å². The van der Waals surface area contributed by atoms with Gasteiger partial charge in [0.1, 0.15) is 5.82 Å². The first kappa shape index (κ1) is 15.5. The van der Waals surface area contributed by atoms with Gasteiger partial charge in [-0.15, -0.1) is 0 Å². The third-order valence-corrected chi connectivity index (χ3v) is 2.69. The molecule has 0 aromatic heterocycles. The average molecular weight is 277 g/mol. The molecular weight excluding hydrogens is 262 g/mol. The SMILES string of the molecule is CCCN(CC)C(=O)c1cc(C(F)(F)F)ccc1F. The van der Waals surface area contributed by atoms with Gasteiger partial charge in [0.15, 0.2) is 0 Å². The maximum absolute atomic E-state index is 13.5. The van der Waals surface area contributed by atoms with Crippen LogP contribution >= 0.6 is 0 Å². The summed E-state index contributed by atoms with van der Waals surface area (Å²) in [6, 6.07) is 1.87. The fraction of sp³-hybridized carbons (Fsp3) is 0.462. The van der Waals surface area contributed by atoms with Crippen molar-refractivity contribution in [3.05, 3.63) is 35.1 Å². The summed E-state index contributed by atoms with van der Waals surface area (Å²) in [5, 5.41) is 0. The third-order valence-electron chi connectivity index (χ3n) is 2.69. The molecule has 0 atom stereocenters. The van der Waals surface area contributed by atoms with Gasteiger partial charge in [-0.2, -0.15) is 13.2 Å². The molecule has 1 aromatic carbocycles. The Kier molecular flexibility index (Phi) is 4.91. The molecule has 1 aromatic rings. The van der Waals surface area contributed by atoms with Crippen LogP contribution in [0, 0.1) is 5.82 Å². The van der Waals surface area contributed by atoms with Crippen molar-refractivity contribution >= 4 is 5.91 Å². The van der Waals surface area contributed by atoms with E-state index in [1.165, 1.54) is 4.90 Å². The largest absolute Gasteiger partial charge is 0.416 e. The summed E-state index contributed by atoms with van der Waals surface area (Å²) in [7, 11) is 0. The van der Waals surface area contributed by atoms with E-state index < -0.39 is 29.0 Å². The van der Waals surface area contributed by atoms with Gasteiger partial charge in [0.25, 0.3) is 5.91 Å². The van der Waals surface area contributed by atoms with Crippen molar-refractivity contribution < 1.29 is 22.4 Å². The smallest absolute Gasteiger partial charge is 0.339 e. The standard InChI is InChI=1S/C13H15F4NO/c1-3-7-18(4-2)12(19)10-8-9(13(15,16)17)5-6-11(10)14/h5-6,8H,3-4,7H2,1-2H3. The molecule has 0 saturated carbocycles. The van der Waals surface area contributed by atoms with Crippen molar-refractivity contribution in [3.8, 4) is 0 Å². The second-order valence-corrected chi connectivity index (χ2v) is 4.08. The minimum absolute atomic E-state index is 0.322. The van der Waals surface area contributed by atoms with E-state index in [4.69, 9.17) is 0 Å². The molecule has 0 aliphatic carbocycles. The highest BCUT2D eigenvalue weighted by Crippen LogP contribution is 2.30. The molecule has 0 fully saturated rings. The zero-order valence-corrected chi connectivity index (χ0v) is 10.7. The molecule has 0 unspecified atom stereocenters. The molecule has 6 heteroatoms. The number of amides is 1. The predicted molar refractivity (Wildman–Crippen MR) is 63.3 cm³/mol. The first-order valence-corrected chi connectivity index (χ1v) is 5.97. The molecule has 0 N–H and O–H groups in total. The summed E-state index contributed by atoms with van der Waals surface area (Å²) in [6.45, 7) is 4.23. The molecule has 0 heterocycles. The van der Waals surface area contributed by atoms with E-state index in [0.717, 1.165) is 0 Å². The molecule has 1 rings (SSSR count). The van der Waals surface area contributed by atoms with E-state index in [1.807, 2.05) is 6.92 Å². The van der Waals surface area contributed by atoms with Gasteiger partial charge in [-0.25, -0.2) is 4.39 Å². The predicted octanol–water partition coefficient (Wildman–Crippen LogP) is 3.72. The quantitative estimate of drug-likeness (QED) is 0.768. The number of hydrogen-bond acceptors (Lipinski definition) is 1. The van der Waals surface area contributed by atoms with E-state index in [9.17, 15) is 22.4 Å². The van der Waals surface area contributed by atoms with Crippen LogP contribution in [0.4, 0.5) is 17.6 Å². The van der Waals surface area contributed by atoms with Crippen LogP contribution in [0.5, 0.6) is 0 Å². The Morgan fingerprint density at radius 2 is 1.89 bits per heavy atom. The normalized spacial score (nSPS) is 11.5. The zero-order chi connectivity index (χ0) is 14.6. The molecule has 0 spiro atoms. The van der Waals surface area contributed by atoms with Crippen molar-refractivity contribution in [2.75, 3.05) is 13.1 Å². The average Bonchev–Trinajstić information content (AvgIpc) is 2.34. The lowest BCUT2D eigenvalue weighted by atomic mass is 10.1. The number of nitrogens with zero attached hydrogens (tertiary/aromatic N) is 1. The van der Waals surface area contributed by atoms with E-state index in [-0.39, 0.29) is 0 Å². The topological polar surface area (TPSA) is 20.3 Å². The van der Waals surface area contributed by atoms with Crippen LogP contribution in [0.3, 0.4) is 0 Å². The zero-order valence-electron chi connectivity index (χ0n) is 10.7. The Morgan fingerprint density at radius 3 is 2.37 bits per heavy atom. The van der Waals surface area contributed by atoms with Crippen molar-refractivity contribution in [1.29, 1.82) is 0 Å². The number of carbonyl (C=O) groups is 1. The van der Waals surface area contributed by atoms with Gasteiger partial charge in [0.2, 0.25) is 0 Å². The highest BCUT2D eigenvalue weighted by Gasteiger charge is 2.32. The van der Waals surface area contributed by atoms with Crippen molar-refractivity contribution in [2.24, 2.45) is 0 Å². The van der Waals surface area contributed by atoms with Gasteiger partial charge in [0.05, 0.1) is 11.1 Å². The molecule has 0 bridgehead atoms. The Morgan fingerprint density at radius 1 is 1.26 bits per heavy atom. The molecule has 19 heavy (non-hydrogen) atoms. The van der Waals surface area contributed by atoms with Crippen LogP contribution in [0.1, 0.15) is 36.2 Å². The number of benzene rings is 1. The fourth-order valence-corrected chi connectivity index (χ4v) is 1.71. The van der Waals surface area contributed by atoms with Crippen molar-refractivity contribution in [1.82, 2.24) is 4.90 Å². The minimum atomic E-state index is -4.59. The highest BCUT2D eigenvalue weighted by atomic mass is 19.4. The first-order chi connectivity index (χ1) is 8.81. The van der Waals surface area contributed by atoms with Gasteiger partial charge < -0.3 is 4.90 Å². The lowest BCUT2D eigenvalue weighted by Crippen LogP contribution is -2.32. The van der Waals surface area contributed by atoms with E-state index in [2.05, 4.69) is 0 Å². The fourth-order valence-electron chi connectivity index (χ4n) is 1.71. The maximum atomic E-state index is 13.5. The van der Waals surface area contributed by atoms with Crippen LogP contribution in [0.15, 0.2) is 18.2 Å². The minimum Gasteiger partial charge on any atom is -0.339 e. The third kappa shape index (κ3) is 3.68. The number of alkyl halides is 3. The summed E-state index contributed by atoms with van der Waals surface area (Å²) in [5.41, 5.74) is -1.56. The summed E-state index contributed by atoms with van der Waals surface area (Å²) in [6.07, 6.45) is -3.94.